The summed E-state index contributed by atoms with van der Waals surface area (Å²) in [6.45, 7) is 7.97. The number of aromatic nitrogens is 2. The molecule has 0 atom stereocenters. The molecule has 0 saturated heterocycles. The fourth-order valence-electron chi connectivity index (χ4n) is 2.16. The quantitative estimate of drug-likeness (QED) is 0.766. The van der Waals surface area contributed by atoms with E-state index in [0.29, 0.717) is 12.5 Å². The van der Waals surface area contributed by atoms with Crippen LogP contribution in [0.1, 0.15) is 30.8 Å². The van der Waals surface area contributed by atoms with Crippen molar-refractivity contribution in [3.8, 4) is 0 Å². The summed E-state index contributed by atoms with van der Waals surface area (Å²) in [7, 11) is 0. The van der Waals surface area contributed by atoms with Crippen LogP contribution in [0.15, 0.2) is 0 Å². The van der Waals surface area contributed by atoms with Crippen LogP contribution in [0.25, 0.3) is 0 Å². The van der Waals surface area contributed by atoms with Crippen molar-refractivity contribution in [3.63, 3.8) is 0 Å². The topological polar surface area (TPSA) is 55.9 Å². The van der Waals surface area contributed by atoms with Crippen LogP contribution in [0.3, 0.4) is 0 Å². The maximum Gasteiger partial charge on any atom is 0.0796 e. The van der Waals surface area contributed by atoms with Gasteiger partial charge >= 0.3 is 0 Å². The van der Waals surface area contributed by atoms with Crippen LogP contribution in [-0.2, 0) is 26.1 Å². The first-order chi connectivity index (χ1) is 7.22. The molecule has 0 saturated carbocycles. The van der Waals surface area contributed by atoms with Crippen molar-refractivity contribution in [2.24, 2.45) is 11.7 Å². The molecule has 2 rings (SSSR count). The van der Waals surface area contributed by atoms with Crippen molar-refractivity contribution in [3.05, 3.63) is 17.0 Å². The molecule has 0 amide bonds. The summed E-state index contributed by atoms with van der Waals surface area (Å²) in [5.41, 5.74) is 9.54. The van der Waals surface area contributed by atoms with Gasteiger partial charge in [0.2, 0.25) is 0 Å². The molecule has 0 radical (unpaired) electrons. The van der Waals surface area contributed by atoms with Crippen molar-refractivity contribution in [2.75, 3.05) is 6.54 Å². The predicted octanol–water partition coefficient (Wildman–Crippen LogP) is 0.643. The van der Waals surface area contributed by atoms with E-state index in [4.69, 9.17) is 5.73 Å². The van der Waals surface area contributed by atoms with Gasteiger partial charge in [0.15, 0.2) is 0 Å². The van der Waals surface area contributed by atoms with E-state index in [1.807, 2.05) is 0 Å². The monoisotopic (exact) mass is 208 g/mol. The average molecular weight is 208 g/mol. The molecule has 1 aromatic rings. The maximum absolute atomic E-state index is 5.72. The van der Waals surface area contributed by atoms with E-state index in [1.165, 1.54) is 11.3 Å². The number of nitrogens with zero attached hydrogens (tertiary/aromatic N) is 2. The van der Waals surface area contributed by atoms with E-state index in [0.717, 1.165) is 31.7 Å². The average Bonchev–Trinajstić information content (AvgIpc) is 2.56. The van der Waals surface area contributed by atoms with E-state index >= 15 is 0 Å². The Kier molecular flexibility index (Phi) is 3.07. The molecule has 2 heterocycles. The standard InChI is InChI=1S/C11H20N4/c1-8(2)7-15-11-6-13-4-3-9(11)10(5-12)14-15/h8,13H,3-7,12H2,1-2H3. The Bertz CT molecular complexity index is 341. The van der Waals surface area contributed by atoms with Gasteiger partial charge < -0.3 is 11.1 Å². The molecule has 1 aliphatic rings. The third-order valence-electron chi connectivity index (χ3n) is 2.83. The van der Waals surface area contributed by atoms with Gasteiger partial charge in [0, 0.05) is 25.2 Å². The Labute approximate surface area is 90.8 Å². The molecular formula is C11H20N4. The van der Waals surface area contributed by atoms with Gasteiger partial charge in [-0.3, -0.25) is 4.68 Å². The van der Waals surface area contributed by atoms with Gasteiger partial charge in [-0.1, -0.05) is 13.8 Å². The minimum atomic E-state index is 0.563. The Morgan fingerprint density at radius 2 is 2.33 bits per heavy atom. The van der Waals surface area contributed by atoms with Crippen molar-refractivity contribution in [1.82, 2.24) is 15.1 Å². The SMILES string of the molecule is CC(C)Cn1nc(CN)c2c1CNCC2. The zero-order chi connectivity index (χ0) is 10.8. The summed E-state index contributed by atoms with van der Waals surface area (Å²) in [6, 6.07) is 0. The fraction of sp³-hybridized carbons (Fsp3) is 0.727. The van der Waals surface area contributed by atoms with Crippen LogP contribution in [0.4, 0.5) is 0 Å². The summed E-state index contributed by atoms with van der Waals surface area (Å²) < 4.78 is 2.13. The number of fused-ring (bicyclic) bond motifs is 1. The van der Waals surface area contributed by atoms with Crippen LogP contribution >= 0.6 is 0 Å². The number of hydrogen-bond donors (Lipinski definition) is 2. The van der Waals surface area contributed by atoms with Crippen LogP contribution in [0, 0.1) is 5.92 Å². The van der Waals surface area contributed by atoms with Gasteiger partial charge in [-0.25, -0.2) is 0 Å². The summed E-state index contributed by atoms with van der Waals surface area (Å²) in [6.07, 6.45) is 1.07. The number of hydrogen-bond acceptors (Lipinski definition) is 3. The minimum Gasteiger partial charge on any atom is -0.325 e. The van der Waals surface area contributed by atoms with Crippen LogP contribution < -0.4 is 11.1 Å². The first-order valence-electron chi connectivity index (χ1n) is 5.70. The Balaban J connectivity index is 2.33. The van der Waals surface area contributed by atoms with Gasteiger partial charge in [0.1, 0.15) is 0 Å². The highest BCUT2D eigenvalue weighted by atomic mass is 15.3. The molecule has 0 spiro atoms. The molecule has 0 bridgehead atoms. The first kappa shape index (κ1) is 10.6. The van der Waals surface area contributed by atoms with Gasteiger partial charge in [-0.05, 0) is 18.9 Å². The number of rotatable bonds is 3. The highest BCUT2D eigenvalue weighted by Gasteiger charge is 2.19. The molecule has 1 aromatic heterocycles. The second-order valence-corrected chi connectivity index (χ2v) is 4.58. The first-order valence-corrected chi connectivity index (χ1v) is 5.70. The minimum absolute atomic E-state index is 0.563. The lowest BCUT2D eigenvalue weighted by molar-refractivity contribution is 0.454. The van der Waals surface area contributed by atoms with Crippen LogP contribution in [0.2, 0.25) is 0 Å². The summed E-state index contributed by atoms with van der Waals surface area (Å²) in [4.78, 5) is 0. The third-order valence-corrected chi connectivity index (χ3v) is 2.83. The highest BCUT2D eigenvalue weighted by Crippen LogP contribution is 2.19. The predicted molar refractivity (Wildman–Crippen MR) is 60.4 cm³/mol. The second kappa shape index (κ2) is 4.33. The van der Waals surface area contributed by atoms with Gasteiger partial charge in [0.25, 0.3) is 0 Å². The largest absolute Gasteiger partial charge is 0.325 e. The highest BCUT2D eigenvalue weighted by molar-refractivity contribution is 5.28. The molecule has 0 unspecified atom stereocenters. The molecule has 0 aromatic carbocycles. The Morgan fingerprint density at radius 3 is 3.00 bits per heavy atom. The third kappa shape index (κ3) is 2.06. The summed E-state index contributed by atoms with van der Waals surface area (Å²) in [5.74, 6) is 0.626. The maximum atomic E-state index is 5.72. The van der Waals surface area contributed by atoms with Crippen LogP contribution in [0.5, 0.6) is 0 Å². The normalized spacial score (nSPS) is 15.7. The van der Waals surface area contributed by atoms with Gasteiger partial charge in [0.05, 0.1) is 11.4 Å². The second-order valence-electron chi connectivity index (χ2n) is 4.58. The van der Waals surface area contributed by atoms with Gasteiger partial charge in [-0.15, -0.1) is 0 Å². The number of nitrogens with one attached hydrogen (secondary N) is 1. The Morgan fingerprint density at radius 1 is 1.53 bits per heavy atom. The zero-order valence-electron chi connectivity index (χ0n) is 9.58. The van der Waals surface area contributed by atoms with Crippen molar-refractivity contribution < 1.29 is 0 Å². The fourth-order valence-corrected chi connectivity index (χ4v) is 2.16. The van der Waals surface area contributed by atoms with E-state index in [-0.39, 0.29) is 0 Å². The van der Waals surface area contributed by atoms with Crippen LogP contribution in [-0.4, -0.2) is 16.3 Å². The lowest BCUT2D eigenvalue weighted by atomic mass is 10.1. The lowest BCUT2D eigenvalue weighted by Gasteiger charge is -2.16. The van der Waals surface area contributed by atoms with Crippen molar-refractivity contribution in [1.29, 1.82) is 0 Å². The molecule has 84 valence electrons. The zero-order valence-corrected chi connectivity index (χ0v) is 9.58. The Hall–Kier alpha value is -0.870. The molecule has 15 heavy (non-hydrogen) atoms. The van der Waals surface area contributed by atoms with E-state index in [1.54, 1.807) is 0 Å². The molecule has 3 N–H and O–H groups in total. The van der Waals surface area contributed by atoms with Crippen molar-refractivity contribution in [2.45, 2.75) is 39.9 Å². The lowest BCUT2D eigenvalue weighted by Crippen LogP contribution is -2.26. The molecule has 4 heteroatoms. The van der Waals surface area contributed by atoms with Gasteiger partial charge in [-0.2, -0.15) is 5.10 Å². The number of nitrogens with two attached hydrogens (primary N) is 1. The summed E-state index contributed by atoms with van der Waals surface area (Å²) >= 11 is 0. The van der Waals surface area contributed by atoms with E-state index < -0.39 is 0 Å². The van der Waals surface area contributed by atoms with Crippen molar-refractivity contribution >= 4 is 0 Å². The molecule has 1 aliphatic heterocycles. The smallest absolute Gasteiger partial charge is 0.0796 e. The van der Waals surface area contributed by atoms with E-state index in [2.05, 4.69) is 28.9 Å². The van der Waals surface area contributed by atoms with E-state index in [9.17, 15) is 0 Å². The molecule has 4 nitrogen and oxygen atoms in total. The molecule has 0 aliphatic carbocycles. The molecule has 0 fully saturated rings. The molecular weight excluding hydrogens is 188 g/mol. The summed E-state index contributed by atoms with van der Waals surface area (Å²) in [5, 5.41) is 7.99.